The molecule has 2 aromatic rings. The Morgan fingerprint density at radius 3 is 2.58 bits per heavy atom. The van der Waals surface area contributed by atoms with Crippen LogP contribution in [0, 0.1) is 10.1 Å². The lowest BCUT2D eigenvalue weighted by molar-refractivity contribution is -0.425. The monoisotopic (exact) mass is 293 g/mol. The predicted octanol–water partition coefficient (Wildman–Crippen LogP) is 5.10. The molecule has 5 heteroatoms. The summed E-state index contributed by atoms with van der Waals surface area (Å²) in [7, 11) is 0. The number of allylic oxidation sites excluding steroid dienone is 1. The first-order valence-electron chi connectivity index (χ1n) is 5.81. The molecule has 1 aromatic heterocycles. The highest BCUT2D eigenvalue weighted by Crippen LogP contribution is 2.30. The molecule has 3 nitrogen and oxygen atoms in total. The number of hydrogen-bond donors (Lipinski definition) is 0. The van der Waals surface area contributed by atoms with E-state index in [0.29, 0.717) is 11.4 Å². The van der Waals surface area contributed by atoms with E-state index in [1.165, 1.54) is 11.3 Å². The quantitative estimate of drug-likeness (QED) is 0.581. The van der Waals surface area contributed by atoms with Crippen LogP contribution < -0.4 is 0 Å². The van der Waals surface area contributed by atoms with Crippen LogP contribution in [0.3, 0.4) is 0 Å². The first kappa shape index (κ1) is 13.8. The maximum absolute atomic E-state index is 10.8. The van der Waals surface area contributed by atoms with E-state index in [4.69, 9.17) is 11.6 Å². The van der Waals surface area contributed by atoms with Crippen molar-refractivity contribution in [2.45, 2.75) is 13.3 Å². The van der Waals surface area contributed by atoms with Crippen molar-refractivity contribution in [3.8, 4) is 10.4 Å². The number of benzene rings is 1. The zero-order chi connectivity index (χ0) is 13.8. The van der Waals surface area contributed by atoms with Crippen LogP contribution in [-0.2, 0) is 0 Å². The number of halogens is 1. The van der Waals surface area contributed by atoms with Gasteiger partial charge in [0.15, 0.2) is 0 Å². The minimum atomic E-state index is -0.332. The number of hydrogen-bond acceptors (Lipinski definition) is 3. The van der Waals surface area contributed by atoms with Gasteiger partial charge in [-0.25, -0.2) is 0 Å². The Balaban J connectivity index is 2.29. The van der Waals surface area contributed by atoms with Gasteiger partial charge in [0.2, 0.25) is 5.70 Å². The molecule has 0 amide bonds. The lowest BCUT2D eigenvalue weighted by atomic mass is 10.2. The van der Waals surface area contributed by atoms with Crippen molar-refractivity contribution in [2.75, 3.05) is 0 Å². The summed E-state index contributed by atoms with van der Waals surface area (Å²) >= 11 is 7.37. The molecule has 2 rings (SSSR count). The van der Waals surface area contributed by atoms with Gasteiger partial charge in [0.25, 0.3) is 0 Å². The second-order valence-electron chi connectivity index (χ2n) is 3.96. The Hall–Kier alpha value is -1.65. The van der Waals surface area contributed by atoms with E-state index in [-0.39, 0.29) is 10.6 Å². The lowest BCUT2D eigenvalue weighted by Gasteiger charge is -1.96. The molecule has 0 atom stereocenters. The molecule has 0 N–H and O–H groups in total. The first-order chi connectivity index (χ1) is 9.10. The van der Waals surface area contributed by atoms with Crippen LogP contribution in [0.15, 0.2) is 42.1 Å². The Kier molecular flexibility index (Phi) is 4.35. The largest absolute Gasteiger partial charge is 0.259 e. The minimum Gasteiger partial charge on any atom is -0.259 e. The van der Waals surface area contributed by atoms with Crippen LogP contribution in [0.5, 0.6) is 0 Å². The maximum atomic E-state index is 10.8. The van der Waals surface area contributed by atoms with Crippen molar-refractivity contribution in [3.05, 3.63) is 62.1 Å². The molecule has 0 aliphatic carbocycles. The topological polar surface area (TPSA) is 43.1 Å². The SMILES string of the molecule is CCC(=Cc1ccc(-c2ccc(Cl)cc2)s1)[N+](=O)[O-]. The Morgan fingerprint density at radius 1 is 1.32 bits per heavy atom. The Morgan fingerprint density at radius 2 is 2.00 bits per heavy atom. The van der Waals surface area contributed by atoms with E-state index < -0.39 is 0 Å². The van der Waals surface area contributed by atoms with Gasteiger partial charge in [-0.3, -0.25) is 10.1 Å². The van der Waals surface area contributed by atoms with E-state index in [1.54, 1.807) is 13.0 Å². The fourth-order valence-electron chi connectivity index (χ4n) is 1.65. The Labute approximate surface area is 120 Å². The first-order valence-corrected chi connectivity index (χ1v) is 7.00. The highest BCUT2D eigenvalue weighted by molar-refractivity contribution is 7.16. The fraction of sp³-hybridized carbons (Fsp3) is 0.143. The summed E-state index contributed by atoms with van der Waals surface area (Å²) in [5.74, 6) is 0. The van der Waals surface area contributed by atoms with Crippen LogP contribution in [-0.4, -0.2) is 4.92 Å². The predicted molar refractivity (Wildman–Crippen MR) is 80.0 cm³/mol. The van der Waals surface area contributed by atoms with Crippen LogP contribution in [0.1, 0.15) is 18.2 Å². The molecular formula is C14H12ClNO2S. The van der Waals surface area contributed by atoms with Crippen LogP contribution in [0.25, 0.3) is 16.5 Å². The molecule has 0 aliphatic heterocycles. The molecule has 0 saturated heterocycles. The molecule has 0 unspecified atom stereocenters. The maximum Gasteiger partial charge on any atom is 0.247 e. The van der Waals surface area contributed by atoms with Gasteiger partial charge in [0.05, 0.1) is 4.92 Å². The van der Waals surface area contributed by atoms with Crippen molar-refractivity contribution in [2.24, 2.45) is 0 Å². The minimum absolute atomic E-state index is 0.226. The second-order valence-corrected chi connectivity index (χ2v) is 5.51. The fourth-order valence-corrected chi connectivity index (χ4v) is 2.75. The molecule has 1 heterocycles. The van der Waals surface area contributed by atoms with E-state index >= 15 is 0 Å². The van der Waals surface area contributed by atoms with Crippen molar-refractivity contribution < 1.29 is 4.92 Å². The van der Waals surface area contributed by atoms with Gasteiger partial charge in [-0.15, -0.1) is 11.3 Å². The van der Waals surface area contributed by atoms with Gasteiger partial charge in [0.1, 0.15) is 0 Å². The third-order valence-corrected chi connectivity index (χ3v) is 3.99. The molecule has 19 heavy (non-hydrogen) atoms. The summed E-state index contributed by atoms with van der Waals surface area (Å²) in [6.07, 6.45) is 2.05. The third-order valence-electron chi connectivity index (χ3n) is 2.66. The van der Waals surface area contributed by atoms with Gasteiger partial charge >= 0.3 is 0 Å². The molecular weight excluding hydrogens is 282 g/mol. The number of thiophene rings is 1. The molecule has 0 saturated carbocycles. The van der Waals surface area contributed by atoms with E-state index in [0.717, 1.165) is 15.3 Å². The van der Waals surface area contributed by atoms with Crippen molar-refractivity contribution in [3.63, 3.8) is 0 Å². The number of nitrogens with zero attached hydrogens (tertiary/aromatic N) is 1. The normalized spacial score (nSPS) is 11.6. The summed E-state index contributed by atoms with van der Waals surface area (Å²) in [6, 6.07) is 11.4. The average molecular weight is 294 g/mol. The summed E-state index contributed by atoms with van der Waals surface area (Å²) in [5.41, 5.74) is 1.29. The standard InChI is InChI=1S/C14H12ClNO2S/c1-2-12(16(17)18)9-13-7-8-14(19-13)10-3-5-11(15)6-4-10/h3-9H,2H2,1H3. The zero-order valence-corrected chi connectivity index (χ0v) is 11.9. The molecule has 0 spiro atoms. The summed E-state index contributed by atoms with van der Waals surface area (Å²) < 4.78 is 0. The molecule has 0 aliphatic rings. The van der Waals surface area contributed by atoms with Crippen LogP contribution >= 0.6 is 22.9 Å². The summed E-state index contributed by atoms with van der Waals surface area (Å²) in [6.45, 7) is 1.78. The Bertz CT molecular complexity index is 617. The smallest absolute Gasteiger partial charge is 0.247 e. The summed E-state index contributed by atoms with van der Waals surface area (Å²) in [4.78, 5) is 12.4. The van der Waals surface area contributed by atoms with Gasteiger partial charge in [-0.2, -0.15) is 0 Å². The van der Waals surface area contributed by atoms with E-state index in [9.17, 15) is 10.1 Å². The zero-order valence-electron chi connectivity index (χ0n) is 10.3. The summed E-state index contributed by atoms with van der Waals surface area (Å²) in [5, 5.41) is 11.5. The average Bonchev–Trinajstić information content (AvgIpc) is 2.85. The van der Waals surface area contributed by atoms with E-state index in [1.807, 2.05) is 36.4 Å². The molecule has 1 aromatic carbocycles. The molecule has 0 bridgehead atoms. The van der Waals surface area contributed by atoms with Crippen LogP contribution in [0.2, 0.25) is 5.02 Å². The van der Waals surface area contributed by atoms with Gasteiger partial charge in [0, 0.05) is 27.3 Å². The van der Waals surface area contributed by atoms with Crippen molar-refractivity contribution in [1.82, 2.24) is 0 Å². The second kappa shape index (κ2) is 5.99. The number of rotatable bonds is 4. The molecule has 0 radical (unpaired) electrons. The third kappa shape index (κ3) is 3.43. The van der Waals surface area contributed by atoms with Gasteiger partial charge < -0.3 is 0 Å². The highest BCUT2D eigenvalue weighted by atomic mass is 35.5. The molecule has 0 fully saturated rings. The molecule has 98 valence electrons. The highest BCUT2D eigenvalue weighted by Gasteiger charge is 2.09. The van der Waals surface area contributed by atoms with Gasteiger partial charge in [-0.1, -0.05) is 30.7 Å². The van der Waals surface area contributed by atoms with E-state index in [2.05, 4.69) is 0 Å². The van der Waals surface area contributed by atoms with Crippen LogP contribution in [0.4, 0.5) is 0 Å². The number of nitro groups is 1. The van der Waals surface area contributed by atoms with Gasteiger partial charge in [-0.05, 0) is 29.8 Å². The van der Waals surface area contributed by atoms with Crippen molar-refractivity contribution in [1.29, 1.82) is 0 Å². The van der Waals surface area contributed by atoms with Crippen molar-refractivity contribution >= 4 is 29.0 Å². The lowest BCUT2D eigenvalue weighted by Crippen LogP contribution is -1.95.